The molecule has 0 aromatic carbocycles. The van der Waals surface area contributed by atoms with Crippen molar-refractivity contribution in [3.05, 3.63) is 18.2 Å². The van der Waals surface area contributed by atoms with Crippen molar-refractivity contribution >= 4 is 22.9 Å². The summed E-state index contributed by atoms with van der Waals surface area (Å²) in [6.45, 7) is 0. The molecule has 0 aliphatic heterocycles. The molecule has 0 radical (unpaired) electrons. The van der Waals surface area contributed by atoms with Gasteiger partial charge in [-0.3, -0.25) is 4.79 Å². The maximum Gasteiger partial charge on any atom is 0.312 e. The molecule has 6 nitrogen and oxygen atoms in total. The lowest BCUT2D eigenvalue weighted by Crippen LogP contribution is -1.99. The predicted molar refractivity (Wildman–Crippen MR) is 52.7 cm³/mol. The molecule has 2 aromatic rings. The molecule has 2 heterocycles. The van der Waals surface area contributed by atoms with E-state index in [1.165, 1.54) is 0 Å². The Morgan fingerprint density at radius 3 is 3.13 bits per heavy atom. The van der Waals surface area contributed by atoms with Crippen LogP contribution in [0.15, 0.2) is 16.7 Å². The third kappa shape index (κ3) is 1.74. The number of aromatic nitrogens is 2. The zero-order valence-corrected chi connectivity index (χ0v) is 8.02. The van der Waals surface area contributed by atoms with E-state index in [-0.39, 0.29) is 12.3 Å². The molecule has 0 saturated heterocycles. The minimum atomic E-state index is -0.979. The number of aliphatic carboxylic acids is 1. The summed E-state index contributed by atoms with van der Waals surface area (Å²) in [5, 5.41) is 11.5. The minimum Gasteiger partial charge on any atom is -0.481 e. The Labute approximate surface area is 84.9 Å². The summed E-state index contributed by atoms with van der Waals surface area (Å²) >= 11 is 0. The lowest BCUT2D eigenvalue weighted by Gasteiger charge is -1.96. The first kappa shape index (κ1) is 9.45. The van der Waals surface area contributed by atoms with Crippen LogP contribution in [0, 0.1) is 0 Å². The van der Waals surface area contributed by atoms with E-state index < -0.39 is 5.97 Å². The van der Waals surface area contributed by atoms with Crippen LogP contribution in [0.5, 0.6) is 0 Å². The average molecular weight is 207 g/mol. The molecule has 0 atom stereocenters. The van der Waals surface area contributed by atoms with Crippen LogP contribution in [0.2, 0.25) is 0 Å². The molecule has 0 unspecified atom stereocenters. The maximum absolute atomic E-state index is 10.5. The number of hydrogen-bond donors (Lipinski definition) is 2. The largest absolute Gasteiger partial charge is 0.481 e. The van der Waals surface area contributed by atoms with Gasteiger partial charge in [-0.1, -0.05) is 0 Å². The average Bonchev–Trinajstić information content (AvgIpc) is 2.58. The summed E-state index contributed by atoms with van der Waals surface area (Å²) < 4.78 is 5.18. The Bertz CT molecular complexity index is 506. The van der Waals surface area contributed by atoms with Crippen molar-refractivity contribution < 1.29 is 14.3 Å². The number of carbonyl (C=O) groups is 1. The zero-order chi connectivity index (χ0) is 10.8. The number of nitrogens with zero attached hydrogens (tertiary/aromatic N) is 2. The molecule has 2 N–H and O–H groups in total. The number of hydrogen-bond acceptors (Lipinski definition) is 5. The highest BCUT2D eigenvalue weighted by molar-refractivity contribution is 5.84. The van der Waals surface area contributed by atoms with E-state index in [0.717, 1.165) is 5.69 Å². The van der Waals surface area contributed by atoms with Crippen LogP contribution in [0.1, 0.15) is 5.89 Å². The smallest absolute Gasteiger partial charge is 0.312 e. The summed E-state index contributed by atoms with van der Waals surface area (Å²) in [6, 6.07) is 1.75. The van der Waals surface area contributed by atoms with Gasteiger partial charge >= 0.3 is 5.97 Å². The summed E-state index contributed by atoms with van der Waals surface area (Å²) in [5.74, 6) is -0.819. The van der Waals surface area contributed by atoms with E-state index >= 15 is 0 Å². The van der Waals surface area contributed by atoms with Gasteiger partial charge in [-0.15, -0.1) is 0 Å². The first-order chi connectivity index (χ1) is 7.20. The first-order valence-corrected chi connectivity index (χ1v) is 4.34. The van der Waals surface area contributed by atoms with Gasteiger partial charge in [0.2, 0.25) is 11.6 Å². The highest BCUT2D eigenvalue weighted by Crippen LogP contribution is 2.21. The Balaban J connectivity index is 2.50. The van der Waals surface area contributed by atoms with E-state index in [0.29, 0.717) is 11.2 Å². The van der Waals surface area contributed by atoms with Gasteiger partial charge in [-0.05, 0) is 6.07 Å². The van der Waals surface area contributed by atoms with Crippen LogP contribution >= 0.6 is 0 Å². The molecule has 0 spiro atoms. The van der Waals surface area contributed by atoms with Gasteiger partial charge in [-0.2, -0.15) is 0 Å². The van der Waals surface area contributed by atoms with Gasteiger partial charge in [0.15, 0.2) is 5.52 Å². The molecule has 0 saturated carbocycles. The first-order valence-electron chi connectivity index (χ1n) is 4.34. The van der Waals surface area contributed by atoms with Crippen LogP contribution in [0.25, 0.3) is 11.2 Å². The van der Waals surface area contributed by atoms with Gasteiger partial charge < -0.3 is 14.8 Å². The predicted octanol–water partition coefficient (Wildman–Crippen LogP) is 0.892. The molecule has 78 valence electrons. The molecule has 2 rings (SSSR count). The second kappa shape index (κ2) is 3.56. The quantitative estimate of drug-likeness (QED) is 0.777. The molecule has 6 heteroatoms. The Morgan fingerprint density at radius 1 is 1.67 bits per heavy atom. The van der Waals surface area contributed by atoms with Crippen molar-refractivity contribution in [3.63, 3.8) is 0 Å². The standard InChI is InChI=1S/C9H9N3O3/c1-10-5-2-3-11-9-8(5)12-6(15-9)4-7(13)14/h2-3H,4H2,1H3,(H,10,11)(H,13,14). The van der Waals surface area contributed by atoms with E-state index in [1.807, 2.05) is 0 Å². The molecule has 0 bridgehead atoms. The molecule has 2 aromatic heterocycles. The number of carboxylic acid groups (broad SMARTS) is 1. The van der Waals surface area contributed by atoms with Crippen molar-refractivity contribution in [2.24, 2.45) is 0 Å². The van der Waals surface area contributed by atoms with Crippen LogP contribution in [-0.4, -0.2) is 28.1 Å². The second-order valence-corrected chi connectivity index (χ2v) is 2.94. The van der Waals surface area contributed by atoms with Crippen LogP contribution in [-0.2, 0) is 11.2 Å². The van der Waals surface area contributed by atoms with E-state index in [2.05, 4.69) is 15.3 Å². The van der Waals surface area contributed by atoms with E-state index in [1.54, 1.807) is 19.3 Å². The van der Waals surface area contributed by atoms with E-state index in [4.69, 9.17) is 9.52 Å². The fourth-order valence-corrected chi connectivity index (χ4v) is 1.28. The van der Waals surface area contributed by atoms with Gasteiger partial charge in [0.05, 0.1) is 5.69 Å². The zero-order valence-electron chi connectivity index (χ0n) is 8.02. The SMILES string of the molecule is CNc1ccnc2oc(CC(=O)O)nc12. The van der Waals surface area contributed by atoms with Crippen molar-refractivity contribution in [1.82, 2.24) is 9.97 Å². The van der Waals surface area contributed by atoms with Gasteiger partial charge in [0.25, 0.3) is 0 Å². The van der Waals surface area contributed by atoms with Gasteiger partial charge in [0, 0.05) is 13.2 Å². The number of nitrogens with one attached hydrogen (secondary N) is 1. The van der Waals surface area contributed by atoms with Crippen LogP contribution in [0.3, 0.4) is 0 Å². The highest BCUT2D eigenvalue weighted by atomic mass is 16.4. The van der Waals surface area contributed by atoms with Crippen molar-refractivity contribution in [2.45, 2.75) is 6.42 Å². The molecule has 0 aliphatic rings. The number of pyridine rings is 1. The highest BCUT2D eigenvalue weighted by Gasteiger charge is 2.12. The van der Waals surface area contributed by atoms with Crippen molar-refractivity contribution in [2.75, 3.05) is 12.4 Å². The monoisotopic (exact) mass is 207 g/mol. The number of fused-ring (bicyclic) bond motifs is 1. The molecular formula is C9H9N3O3. The summed E-state index contributed by atoms with van der Waals surface area (Å²) in [7, 11) is 1.75. The Kier molecular flexibility index (Phi) is 2.24. The third-order valence-electron chi connectivity index (χ3n) is 1.91. The summed E-state index contributed by atoms with van der Waals surface area (Å²) in [5.41, 5.74) is 1.66. The summed E-state index contributed by atoms with van der Waals surface area (Å²) in [6.07, 6.45) is 1.34. The van der Waals surface area contributed by atoms with Crippen LogP contribution in [0.4, 0.5) is 5.69 Å². The Hall–Kier alpha value is -2.11. The molecule has 0 amide bonds. The lowest BCUT2D eigenvalue weighted by atomic mass is 10.4. The lowest BCUT2D eigenvalue weighted by molar-refractivity contribution is -0.136. The van der Waals surface area contributed by atoms with Crippen molar-refractivity contribution in [3.8, 4) is 0 Å². The topological polar surface area (TPSA) is 88.2 Å². The molecular weight excluding hydrogens is 198 g/mol. The number of anilines is 1. The van der Waals surface area contributed by atoms with Gasteiger partial charge in [0.1, 0.15) is 6.42 Å². The second-order valence-electron chi connectivity index (χ2n) is 2.94. The van der Waals surface area contributed by atoms with E-state index in [9.17, 15) is 4.79 Å². The Morgan fingerprint density at radius 2 is 2.47 bits per heavy atom. The maximum atomic E-state index is 10.5. The molecule has 0 aliphatic carbocycles. The fourth-order valence-electron chi connectivity index (χ4n) is 1.28. The van der Waals surface area contributed by atoms with Crippen LogP contribution < -0.4 is 5.32 Å². The molecule has 15 heavy (non-hydrogen) atoms. The van der Waals surface area contributed by atoms with Gasteiger partial charge in [-0.25, -0.2) is 9.97 Å². The minimum absolute atomic E-state index is 0.160. The fraction of sp³-hybridized carbons (Fsp3) is 0.222. The number of rotatable bonds is 3. The number of oxazole rings is 1. The summed E-state index contributed by atoms with van der Waals surface area (Å²) in [4.78, 5) is 18.5. The normalized spacial score (nSPS) is 10.5. The van der Waals surface area contributed by atoms with Crippen molar-refractivity contribution in [1.29, 1.82) is 0 Å². The third-order valence-corrected chi connectivity index (χ3v) is 1.91. The molecule has 0 fully saturated rings. The number of carboxylic acids is 1.